The second-order valence-corrected chi connectivity index (χ2v) is 6.03. The van der Waals surface area contributed by atoms with E-state index >= 15 is 0 Å². The van der Waals surface area contributed by atoms with Crippen molar-refractivity contribution >= 4 is 0 Å². The lowest BCUT2D eigenvalue weighted by Crippen LogP contribution is -2.33. The van der Waals surface area contributed by atoms with Gasteiger partial charge in [0.1, 0.15) is 0 Å². The maximum Gasteiger partial charge on any atom is 0.0597 e. The van der Waals surface area contributed by atoms with Gasteiger partial charge < -0.3 is 9.64 Å². The summed E-state index contributed by atoms with van der Waals surface area (Å²) < 4.78 is 6.15. The van der Waals surface area contributed by atoms with Crippen LogP contribution in [-0.2, 0) is 4.74 Å². The zero-order chi connectivity index (χ0) is 13.8. The van der Waals surface area contributed by atoms with Crippen molar-refractivity contribution in [1.29, 1.82) is 0 Å². The third kappa shape index (κ3) is 8.65. The van der Waals surface area contributed by atoms with Crippen LogP contribution in [0.15, 0.2) is 0 Å². The fourth-order valence-electron chi connectivity index (χ4n) is 2.90. The number of likely N-dealkylation sites (tertiary alicyclic amines) is 1. The van der Waals surface area contributed by atoms with Gasteiger partial charge in [0, 0.05) is 6.54 Å². The molecule has 1 unspecified atom stereocenters. The Labute approximate surface area is 120 Å². The van der Waals surface area contributed by atoms with Gasteiger partial charge in [0.15, 0.2) is 0 Å². The summed E-state index contributed by atoms with van der Waals surface area (Å²) in [7, 11) is 0. The van der Waals surface area contributed by atoms with Gasteiger partial charge in [0.05, 0.1) is 12.7 Å². The SMILES string of the molecule is CCCCCC(CCCC)OCCN1CCCCC1. The Morgan fingerprint density at radius 1 is 0.895 bits per heavy atom. The van der Waals surface area contributed by atoms with Crippen molar-refractivity contribution in [2.24, 2.45) is 0 Å². The maximum absolute atomic E-state index is 6.15. The van der Waals surface area contributed by atoms with E-state index in [0.29, 0.717) is 6.10 Å². The number of ether oxygens (including phenoxy) is 1. The van der Waals surface area contributed by atoms with E-state index < -0.39 is 0 Å². The molecule has 0 radical (unpaired) electrons. The highest BCUT2D eigenvalue weighted by molar-refractivity contribution is 4.65. The van der Waals surface area contributed by atoms with Crippen LogP contribution < -0.4 is 0 Å². The van der Waals surface area contributed by atoms with Gasteiger partial charge in [0.2, 0.25) is 0 Å². The quantitative estimate of drug-likeness (QED) is 0.507. The zero-order valence-corrected chi connectivity index (χ0v) is 13.3. The van der Waals surface area contributed by atoms with Gasteiger partial charge in [-0.25, -0.2) is 0 Å². The van der Waals surface area contributed by atoms with Crippen LogP contribution in [0.3, 0.4) is 0 Å². The summed E-state index contributed by atoms with van der Waals surface area (Å²) in [6.45, 7) is 9.23. The lowest BCUT2D eigenvalue weighted by molar-refractivity contribution is 0.0224. The molecule has 0 amide bonds. The maximum atomic E-state index is 6.15. The highest BCUT2D eigenvalue weighted by Gasteiger charge is 2.12. The molecule has 19 heavy (non-hydrogen) atoms. The molecule has 0 bridgehead atoms. The molecule has 1 aliphatic heterocycles. The van der Waals surface area contributed by atoms with Crippen LogP contribution in [0.25, 0.3) is 0 Å². The van der Waals surface area contributed by atoms with Gasteiger partial charge in [0.25, 0.3) is 0 Å². The Kier molecular flexibility index (Phi) is 10.5. The smallest absolute Gasteiger partial charge is 0.0597 e. The Balaban J connectivity index is 2.11. The van der Waals surface area contributed by atoms with Crippen LogP contribution in [0, 0.1) is 0 Å². The van der Waals surface area contributed by atoms with Gasteiger partial charge in [-0.2, -0.15) is 0 Å². The molecule has 0 aromatic heterocycles. The van der Waals surface area contributed by atoms with Crippen molar-refractivity contribution in [1.82, 2.24) is 4.90 Å². The highest BCUT2D eigenvalue weighted by Crippen LogP contribution is 2.14. The Hall–Kier alpha value is -0.0800. The molecule has 0 spiro atoms. The average molecular weight is 269 g/mol. The molecule has 1 atom stereocenters. The molecule has 1 rings (SSSR count). The number of piperidine rings is 1. The summed E-state index contributed by atoms with van der Waals surface area (Å²) in [4.78, 5) is 2.58. The fraction of sp³-hybridized carbons (Fsp3) is 1.00. The fourth-order valence-corrected chi connectivity index (χ4v) is 2.90. The molecule has 1 saturated heterocycles. The van der Waals surface area contributed by atoms with Gasteiger partial charge in [-0.05, 0) is 38.8 Å². The van der Waals surface area contributed by atoms with Crippen LogP contribution in [0.5, 0.6) is 0 Å². The number of hydrogen-bond acceptors (Lipinski definition) is 2. The molecule has 1 fully saturated rings. The van der Waals surface area contributed by atoms with Crippen LogP contribution in [-0.4, -0.2) is 37.2 Å². The van der Waals surface area contributed by atoms with E-state index in [2.05, 4.69) is 18.7 Å². The van der Waals surface area contributed by atoms with Crippen molar-refractivity contribution in [3.63, 3.8) is 0 Å². The lowest BCUT2D eigenvalue weighted by atomic mass is 10.1. The summed E-state index contributed by atoms with van der Waals surface area (Å²) in [5.41, 5.74) is 0. The van der Waals surface area contributed by atoms with Crippen molar-refractivity contribution in [3.8, 4) is 0 Å². The summed E-state index contributed by atoms with van der Waals surface area (Å²) >= 11 is 0. The minimum atomic E-state index is 0.524. The number of hydrogen-bond donors (Lipinski definition) is 0. The lowest BCUT2D eigenvalue weighted by Gasteiger charge is -2.27. The second-order valence-electron chi connectivity index (χ2n) is 6.03. The predicted octanol–water partition coefficient (Wildman–Crippen LogP) is 4.63. The van der Waals surface area contributed by atoms with E-state index in [1.807, 2.05) is 0 Å². The molecule has 0 aromatic carbocycles. The minimum Gasteiger partial charge on any atom is -0.377 e. The normalized spacial score (nSPS) is 18.6. The monoisotopic (exact) mass is 269 g/mol. The van der Waals surface area contributed by atoms with E-state index in [1.165, 1.54) is 77.3 Å². The summed E-state index contributed by atoms with van der Waals surface area (Å²) in [6.07, 6.45) is 13.9. The third-order valence-corrected chi connectivity index (χ3v) is 4.22. The standard InChI is InChI=1S/C17H35NO/c1-3-5-8-12-17(11-6-4-2)19-16-15-18-13-9-7-10-14-18/h17H,3-16H2,1-2H3. The summed E-state index contributed by atoms with van der Waals surface area (Å²) in [5, 5.41) is 0. The number of unbranched alkanes of at least 4 members (excludes halogenated alkanes) is 3. The molecule has 2 nitrogen and oxygen atoms in total. The first-order chi connectivity index (χ1) is 9.36. The van der Waals surface area contributed by atoms with E-state index in [9.17, 15) is 0 Å². The number of rotatable bonds is 11. The van der Waals surface area contributed by atoms with Gasteiger partial charge >= 0.3 is 0 Å². The van der Waals surface area contributed by atoms with E-state index in [1.54, 1.807) is 0 Å². The first-order valence-corrected chi connectivity index (χ1v) is 8.70. The molecule has 0 aliphatic carbocycles. The van der Waals surface area contributed by atoms with Crippen LogP contribution in [0.1, 0.15) is 78.1 Å². The first-order valence-electron chi connectivity index (χ1n) is 8.70. The molecular formula is C17H35NO. The van der Waals surface area contributed by atoms with Gasteiger partial charge in [-0.1, -0.05) is 52.4 Å². The van der Waals surface area contributed by atoms with Crippen molar-refractivity contribution < 1.29 is 4.74 Å². The molecule has 0 saturated carbocycles. The Bertz CT molecular complexity index is 190. The molecule has 114 valence electrons. The van der Waals surface area contributed by atoms with Gasteiger partial charge in [-0.15, -0.1) is 0 Å². The second kappa shape index (κ2) is 11.7. The van der Waals surface area contributed by atoms with Crippen molar-refractivity contribution in [2.45, 2.75) is 84.2 Å². The van der Waals surface area contributed by atoms with E-state index in [4.69, 9.17) is 4.74 Å². The molecule has 2 heteroatoms. The zero-order valence-electron chi connectivity index (χ0n) is 13.3. The van der Waals surface area contributed by atoms with E-state index in [-0.39, 0.29) is 0 Å². The molecule has 0 aromatic rings. The summed E-state index contributed by atoms with van der Waals surface area (Å²) in [5.74, 6) is 0. The molecule has 1 aliphatic rings. The average Bonchev–Trinajstić information content (AvgIpc) is 2.45. The largest absolute Gasteiger partial charge is 0.377 e. The van der Waals surface area contributed by atoms with Crippen LogP contribution in [0.4, 0.5) is 0 Å². The summed E-state index contributed by atoms with van der Waals surface area (Å²) in [6, 6.07) is 0. The highest BCUT2D eigenvalue weighted by atomic mass is 16.5. The number of nitrogens with zero attached hydrogens (tertiary/aromatic N) is 1. The van der Waals surface area contributed by atoms with Gasteiger partial charge in [-0.3, -0.25) is 0 Å². The first kappa shape index (κ1) is 17.0. The Morgan fingerprint density at radius 2 is 1.58 bits per heavy atom. The van der Waals surface area contributed by atoms with E-state index in [0.717, 1.165) is 13.2 Å². The third-order valence-electron chi connectivity index (χ3n) is 4.22. The Morgan fingerprint density at radius 3 is 2.26 bits per heavy atom. The topological polar surface area (TPSA) is 12.5 Å². The molecule has 1 heterocycles. The predicted molar refractivity (Wildman–Crippen MR) is 83.7 cm³/mol. The molecule has 0 N–H and O–H groups in total. The van der Waals surface area contributed by atoms with Crippen molar-refractivity contribution in [2.75, 3.05) is 26.2 Å². The van der Waals surface area contributed by atoms with Crippen LogP contribution >= 0.6 is 0 Å². The molecular weight excluding hydrogens is 234 g/mol. The minimum absolute atomic E-state index is 0.524. The van der Waals surface area contributed by atoms with Crippen LogP contribution in [0.2, 0.25) is 0 Å². The van der Waals surface area contributed by atoms with Crippen molar-refractivity contribution in [3.05, 3.63) is 0 Å².